The molecule has 0 saturated heterocycles. The molecule has 0 bridgehead atoms. The molecule has 3 rings (SSSR count). The number of nitrogens with zero attached hydrogens (tertiary/aromatic N) is 3. The molecule has 0 unspecified atom stereocenters. The van der Waals surface area contributed by atoms with E-state index in [1.54, 1.807) is 0 Å². The molecule has 3 heterocycles. The summed E-state index contributed by atoms with van der Waals surface area (Å²) in [5.74, 6) is -0.673. The monoisotopic (exact) mass is 389 g/mol. The first-order valence-electron chi connectivity index (χ1n) is 8.06. The molecule has 0 radical (unpaired) electrons. The van der Waals surface area contributed by atoms with E-state index in [2.05, 4.69) is 9.97 Å². The molecule has 3 aromatic rings. The molecule has 6 nitrogen and oxygen atoms in total. The number of esters is 1. The summed E-state index contributed by atoms with van der Waals surface area (Å²) in [6.45, 7) is 7.34. The maximum absolute atomic E-state index is 12.5. The van der Waals surface area contributed by atoms with Crippen LogP contribution in [0.4, 0.5) is 0 Å². The lowest BCUT2D eigenvalue weighted by atomic mass is 10.1. The van der Waals surface area contributed by atoms with Crippen molar-refractivity contribution in [3.05, 3.63) is 50.2 Å². The highest BCUT2D eigenvalue weighted by Gasteiger charge is 2.19. The summed E-state index contributed by atoms with van der Waals surface area (Å²) in [5, 5.41) is 5.51. The number of hydrogen-bond donors (Lipinski definition) is 0. The van der Waals surface area contributed by atoms with Gasteiger partial charge in [0, 0.05) is 27.7 Å². The number of aromatic nitrogens is 3. The first-order chi connectivity index (χ1) is 12.3. The van der Waals surface area contributed by atoms with Crippen LogP contribution in [-0.4, -0.2) is 32.9 Å². The average Bonchev–Trinajstić information content (AvgIpc) is 3.25. The molecule has 8 heteroatoms. The summed E-state index contributed by atoms with van der Waals surface area (Å²) >= 11 is 3.01. The van der Waals surface area contributed by atoms with Crippen LogP contribution in [-0.2, 0) is 16.0 Å². The van der Waals surface area contributed by atoms with Crippen LogP contribution in [0.5, 0.6) is 0 Å². The van der Waals surface area contributed by atoms with Crippen molar-refractivity contribution in [1.29, 1.82) is 0 Å². The normalized spacial score (nSPS) is 10.9. The number of Topliss-reactive ketones (excluding diaryl/α,β-unsaturated/α-hetero) is 1. The highest BCUT2D eigenvalue weighted by atomic mass is 32.1. The van der Waals surface area contributed by atoms with Gasteiger partial charge >= 0.3 is 5.97 Å². The van der Waals surface area contributed by atoms with Gasteiger partial charge in [-0.15, -0.1) is 22.7 Å². The third-order valence-corrected chi connectivity index (χ3v) is 5.65. The third-order valence-electron chi connectivity index (χ3n) is 3.89. The Bertz CT molecular complexity index is 968. The number of aryl methyl sites for hydroxylation is 3. The number of carbonyl (C=O) groups is 2. The van der Waals surface area contributed by atoms with E-state index in [1.165, 1.54) is 22.7 Å². The maximum atomic E-state index is 12.5. The van der Waals surface area contributed by atoms with Crippen LogP contribution >= 0.6 is 22.7 Å². The van der Waals surface area contributed by atoms with Gasteiger partial charge in [-0.25, -0.2) is 9.97 Å². The molecule has 0 aromatic carbocycles. The van der Waals surface area contributed by atoms with Crippen LogP contribution in [0.3, 0.4) is 0 Å². The van der Waals surface area contributed by atoms with Crippen molar-refractivity contribution in [3.63, 3.8) is 0 Å². The van der Waals surface area contributed by atoms with Crippen molar-refractivity contribution in [2.75, 3.05) is 6.61 Å². The zero-order valence-corrected chi connectivity index (χ0v) is 16.7. The standard InChI is InChI=1S/C18H19N3O3S2/c1-10-8-26-18(19-10)21-11(2)5-15(12(21)3)16(22)7-24-17(23)6-14-9-25-13(4)20-14/h5,8-9H,6-7H2,1-4H3. The maximum Gasteiger partial charge on any atom is 0.312 e. The zero-order chi connectivity index (χ0) is 18.8. The summed E-state index contributed by atoms with van der Waals surface area (Å²) in [5.41, 5.74) is 3.88. The Morgan fingerprint density at radius 2 is 1.88 bits per heavy atom. The van der Waals surface area contributed by atoms with Gasteiger partial charge in [-0.05, 0) is 33.8 Å². The summed E-state index contributed by atoms with van der Waals surface area (Å²) in [6, 6.07) is 1.81. The van der Waals surface area contributed by atoms with Gasteiger partial charge in [-0.1, -0.05) is 0 Å². The first kappa shape index (κ1) is 18.5. The second-order valence-electron chi connectivity index (χ2n) is 6.01. The van der Waals surface area contributed by atoms with Crippen molar-refractivity contribution in [2.24, 2.45) is 0 Å². The van der Waals surface area contributed by atoms with Crippen molar-refractivity contribution in [2.45, 2.75) is 34.1 Å². The quantitative estimate of drug-likeness (QED) is 0.476. The fourth-order valence-corrected chi connectivity index (χ4v) is 4.22. The first-order valence-corrected chi connectivity index (χ1v) is 9.82. The Hall–Kier alpha value is -2.32. The fraction of sp³-hybridized carbons (Fsp3) is 0.333. The molecule has 3 aromatic heterocycles. The lowest BCUT2D eigenvalue weighted by molar-refractivity contribution is -0.141. The van der Waals surface area contributed by atoms with Crippen LogP contribution in [0.2, 0.25) is 0 Å². The van der Waals surface area contributed by atoms with Crippen LogP contribution in [0.25, 0.3) is 5.13 Å². The smallest absolute Gasteiger partial charge is 0.312 e. The average molecular weight is 390 g/mol. The van der Waals surface area contributed by atoms with Crippen molar-refractivity contribution >= 4 is 34.4 Å². The Labute approximate surface area is 159 Å². The van der Waals surface area contributed by atoms with Crippen molar-refractivity contribution in [3.8, 4) is 5.13 Å². The molecule has 0 fully saturated rings. The number of ketones is 1. The fourth-order valence-electron chi connectivity index (χ4n) is 2.70. The second-order valence-corrected chi connectivity index (χ2v) is 7.91. The molecule has 0 amide bonds. The van der Waals surface area contributed by atoms with Crippen molar-refractivity contribution in [1.82, 2.24) is 14.5 Å². The highest BCUT2D eigenvalue weighted by molar-refractivity contribution is 7.12. The summed E-state index contributed by atoms with van der Waals surface area (Å²) < 4.78 is 7.09. The minimum absolute atomic E-state index is 0.0784. The molecule has 26 heavy (non-hydrogen) atoms. The van der Waals surface area contributed by atoms with Crippen LogP contribution in [0, 0.1) is 27.7 Å². The lowest BCUT2D eigenvalue weighted by Gasteiger charge is -2.06. The Balaban J connectivity index is 1.67. The Morgan fingerprint density at radius 3 is 2.50 bits per heavy atom. The molecule has 0 N–H and O–H groups in total. The van der Waals surface area contributed by atoms with Gasteiger partial charge in [-0.3, -0.25) is 14.2 Å². The Kier molecular flexibility index (Phi) is 5.33. The van der Waals surface area contributed by atoms with Gasteiger partial charge < -0.3 is 4.74 Å². The third kappa shape index (κ3) is 3.91. The van der Waals surface area contributed by atoms with E-state index in [9.17, 15) is 9.59 Å². The molecular weight excluding hydrogens is 370 g/mol. The number of hydrogen-bond acceptors (Lipinski definition) is 7. The van der Waals surface area contributed by atoms with E-state index < -0.39 is 5.97 Å². The van der Waals surface area contributed by atoms with Gasteiger partial charge in [0.05, 0.1) is 22.8 Å². The van der Waals surface area contributed by atoms with E-state index in [0.29, 0.717) is 11.3 Å². The molecule has 0 aliphatic carbocycles. The molecule has 0 atom stereocenters. The number of thiazole rings is 2. The van der Waals surface area contributed by atoms with Crippen LogP contribution in [0.1, 0.15) is 38.1 Å². The van der Waals surface area contributed by atoms with E-state index in [1.807, 2.05) is 49.1 Å². The minimum atomic E-state index is -0.451. The highest BCUT2D eigenvalue weighted by Crippen LogP contribution is 2.23. The predicted molar refractivity (Wildman–Crippen MR) is 101 cm³/mol. The predicted octanol–water partition coefficient (Wildman–Crippen LogP) is 3.59. The second kappa shape index (κ2) is 7.51. The van der Waals surface area contributed by atoms with Crippen LogP contribution in [0.15, 0.2) is 16.8 Å². The van der Waals surface area contributed by atoms with E-state index in [0.717, 1.165) is 27.2 Å². The number of rotatable bonds is 6. The summed E-state index contributed by atoms with van der Waals surface area (Å²) in [6.07, 6.45) is 0.0784. The Morgan fingerprint density at radius 1 is 1.12 bits per heavy atom. The largest absolute Gasteiger partial charge is 0.457 e. The van der Waals surface area contributed by atoms with Gasteiger partial charge in [0.2, 0.25) is 5.78 Å². The van der Waals surface area contributed by atoms with Crippen LogP contribution < -0.4 is 0 Å². The van der Waals surface area contributed by atoms with E-state index in [4.69, 9.17) is 4.74 Å². The minimum Gasteiger partial charge on any atom is -0.457 e. The van der Waals surface area contributed by atoms with E-state index >= 15 is 0 Å². The van der Waals surface area contributed by atoms with Gasteiger partial charge in [0.25, 0.3) is 0 Å². The SMILES string of the molecule is Cc1csc(-n2c(C)cc(C(=O)COC(=O)Cc3csc(C)n3)c2C)n1. The summed E-state index contributed by atoms with van der Waals surface area (Å²) in [4.78, 5) is 33.1. The molecule has 0 spiro atoms. The van der Waals surface area contributed by atoms with Gasteiger partial charge in [0.15, 0.2) is 11.7 Å². The topological polar surface area (TPSA) is 74.1 Å². The molecule has 136 valence electrons. The summed E-state index contributed by atoms with van der Waals surface area (Å²) in [7, 11) is 0. The molecular formula is C18H19N3O3S2. The van der Waals surface area contributed by atoms with Gasteiger partial charge in [0.1, 0.15) is 0 Å². The van der Waals surface area contributed by atoms with Crippen molar-refractivity contribution < 1.29 is 14.3 Å². The molecule has 0 aliphatic heterocycles. The zero-order valence-electron chi connectivity index (χ0n) is 15.0. The van der Waals surface area contributed by atoms with Gasteiger partial charge in [-0.2, -0.15) is 0 Å². The molecule has 0 saturated carbocycles. The molecule has 0 aliphatic rings. The number of carbonyl (C=O) groups excluding carboxylic acids is 2. The lowest BCUT2D eigenvalue weighted by Crippen LogP contribution is -2.16. The van der Waals surface area contributed by atoms with E-state index in [-0.39, 0.29) is 18.8 Å². The number of ether oxygens (including phenoxy) is 1.